The molecule has 0 spiro atoms. The molecule has 0 aliphatic carbocycles. The van der Waals surface area contributed by atoms with Gasteiger partial charge < -0.3 is 24.7 Å². The Morgan fingerprint density at radius 3 is 2.74 bits per heavy atom. The molecule has 2 aromatic rings. The van der Waals surface area contributed by atoms with Gasteiger partial charge in [-0.15, -0.1) is 0 Å². The highest BCUT2D eigenvalue weighted by Gasteiger charge is 2.65. The Balaban J connectivity index is 1.67. The molecule has 166 valence electrons. The van der Waals surface area contributed by atoms with E-state index in [1.165, 1.54) is 6.33 Å². The highest BCUT2D eigenvalue weighted by atomic mass is 16.8. The van der Waals surface area contributed by atoms with Crippen LogP contribution in [-0.4, -0.2) is 50.8 Å². The monoisotopic (exact) mass is 429 g/mol. The largest absolute Gasteiger partial charge is 0.461 e. The standard InChI is InChI=1S/C21H27N5O5/c1-19(2,3)8-14(27)28-10-21(9-22)17-16(29-20(4,5)31-17)15(30-21)12-6-7-13-18(23)24-11-25-26(12)13/h6-7,11,15-17H,8,10H2,1-5H3,(H2,23,24,25)/t15-,16-,17-,21+/m0/s1. The smallest absolute Gasteiger partial charge is 0.306 e. The minimum absolute atomic E-state index is 0.217. The van der Waals surface area contributed by atoms with Crippen LogP contribution in [0.1, 0.15) is 52.8 Å². The summed E-state index contributed by atoms with van der Waals surface area (Å²) in [6.07, 6.45) is -0.492. The number of rotatable bonds is 4. The van der Waals surface area contributed by atoms with Crippen LogP contribution in [0.2, 0.25) is 0 Å². The number of hydrogen-bond donors (Lipinski definition) is 1. The van der Waals surface area contributed by atoms with Crippen molar-refractivity contribution in [3.05, 3.63) is 24.2 Å². The molecule has 10 nitrogen and oxygen atoms in total. The summed E-state index contributed by atoms with van der Waals surface area (Å²) in [5.41, 5.74) is 5.43. The summed E-state index contributed by atoms with van der Waals surface area (Å²) in [5, 5.41) is 14.4. The number of nitrogens with two attached hydrogens (primary N) is 1. The number of aromatic nitrogens is 3. The van der Waals surface area contributed by atoms with Gasteiger partial charge in [0.2, 0.25) is 5.60 Å². The first-order valence-corrected chi connectivity index (χ1v) is 10.1. The van der Waals surface area contributed by atoms with E-state index in [2.05, 4.69) is 16.2 Å². The Bertz CT molecular complexity index is 1050. The molecule has 10 heteroatoms. The number of hydrogen-bond acceptors (Lipinski definition) is 9. The third kappa shape index (κ3) is 3.84. The first kappa shape index (κ1) is 21.5. The van der Waals surface area contributed by atoms with Crippen LogP contribution in [0.25, 0.3) is 5.52 Å². The van der Waals surface area contributed by atoms with Gasteiger partial charge in [0.15, 0.2) is 11.6 Å². The van der Waals surface area contributed by atoms with Crippen molar-refractivity contribution < 1.29 is 23.7 Å². The normalized spacial score (nSPS) is 29.6. The predicted octanol–water partition coefficient (Wildman–Crippen LogP) is 2.14. The van der Waals surface area contributed by atoms with E-state index in [0.29, 0.717) is 17.0 Å². The minimum atomic E-state index is -1.53. The molecule has 0 bridgehead atoms. The van der Waals surface area contributed by atoms with E-state index >= 15 is 0 Å². The van der Waals surface area contributed by atoms with Crippen molar-refractivity contribution in [2.45, 2.75) is 70.7 Å². The van der Waals surface area contributed by atoms with Gasteiger partial charge in [0.05, 0.1) is 12.1 Å². The maximum atomic E-state index is 12.3. The summed E-state index contributed by atoms with van der Waals surface area (Å²) in [6, 6.07) is 5.76. The summed E-state index contributed by atoms with van der Waals surface area (Å²) in [6.45, 7) is 9.09. The molecule has 4 atom stereocenters. The minimum Gasteiger partial charge on any atom is -0.461 e. The molecule has 0 saturated carbocycles. The summed E-state index contributed by atoms with van der Waals surface area (Å²) in [5.74, 6) is -1.02. The van der Waals surface area contributed by atoms with Crippen molar-refractivity contribution in [3.8, 4) is 6.07 Å². The number of anilines is 1. The first-order chi connectivity index (χ1) is 14.4. The van der Waals surface area contributed by atoms with Crippen molar-refractivity contribution in [2.75, 3.05) is 12.3 Å². The van der Waals surface area contributed by atoms with Gasteiger partial charge in [-0.2, -0.15) is 10.4 Å². The maximum Gasteiger partial charge on any atom is 0.306 e. The first-order valence-electron chi connectivity index (χ1n) is 10.1. The quantitative estimate of drug-likeness (QED) is 0.725. The van der Waals surface area contributed by atoms with Crippen LogP contribution in [0, 0.1) is 16.7 Å². The predicted molar refractivity (Wildman–Crippen MR) is 108 cm³/mol. The lowest BCUT2D eigenvalue weighted by Crippen LogP contribution is -2.46. The molecular formula is C21H27N5O5. The fourth-order valence-electron chi connectivity index (χ4n) is 4.06. The van der Waals surface area contributed by atoms with Gasteiger partial charge >= 0.3 is 5.97 Å². The Morgan fingerprint density at radius 2 is 2.06 bits per heavy atom. The van der Waals surface area contributed by atoms with Crippen LogP contribution < -0.4 is 5.73 Å². The maximum absolute atomic E-state index is 12.3. The Hall–Kier alpha value is -2.74. The summed E-state index contributed by atoms with van der Waals surface area (Å²) < 4.78 is 25.5. The fraction of sp³-hybridized carbons (Fsp3) is 0.619. The number of carbonyl (C=O) groups excluding carboxylic acids is 1. The number of nitriles is 1. The van der Waals surface area contributed by atoms with Crippen molar-refractivity contribution >= 4 is 17.3 Å². The van der Waals surface area contributed by atoms with E-state index in [9.17, 15) is 10.1 Å². The van der Waals surface area contributed by atoms with E-state index in [1.807, 2.05) is 20.8 Å². The van der Waals surface area contributed by atoms with Gasteiger partial charge in [0.25, 0.3) is 0 Å². The van der Waals surface area contributed by atoms with Crippen LogP contribution in [0.3, 0.4) is 0 Å². The Morgan fingerprint density at radius 1 is 1.32 bits per heavy atom. The third-order valence-corrected chi connectivity index (χ3v) is 5.34. The zero-order chi connectivity index (χ0) is 22.6. The van der Waals surface area contributed by atoms with Crippen molar-refractivity contribution in [3.63, 3.8) is 0 Å². The lowest BCUT2D eigenvalue weighted by molar-refractivity contribution is -0.208. The van der Waals surface area contributed by atoms with Gasteiger partial charge in [0.1, 0.15) is 42.8 Å². The molecule has 0 amide bonds. The van der Waals surface area contributed by atoms with Gasteiger partial charge in [-0.3, -0.25) is 4.79 Å². The molecule has 2 aliphatic rings. The van der Waals surface area contributed by atoms with E-state index in [4.69, 9.17) is 24.7 Å². The van der Waals surface area contributed by atoms with Gasteiger partial charge in [0, 0.05) is 0 Å². The molecule has 0 radical (unpaired) electrons. The zero-order valence-electron chi connectivity index (χ0n) is 18.3. The van der Waals surface area contributed by atoms with Crippen molar-refractivity contribution in [2.24, 2.45) is 5.41 Å². The number of esters is 1. The second-order valence-corrected chi connectivity index (χ2v) is 9.66. The van der Waals surface area contributed by atoms with Crippen molar-refractivity contribution in [1.29, 1.82) is 5.26 Å². The average Bonchev–Trinajstić information content (AvgIpc) is 3.30. The topological polar surface area (TPSA) is 134 Å². The SMILES string of the molecule is CC(C)(C)CC(=O)OC[C@@]1(C#N)O[C@@H](c2ccc3c(N)ncnn23)[C@@H]2OC(C)(C)O[C@@H]21. The molecule has 2 fully saturated rings. The van der Waals surface area contributed by atoms with Crippen LogP contribution in [0.4, 0.5) is 5.82 Å². The number of carbonyl (C=O) groups is 1. The summed E-state index contributed by atoms with van der Waals surface area (Å²) in [7, 11) is 0. The van der Waals surface area contributed by atoms with Crippen LogP contribution in [0.15, 0.2) is 18.5 Å². The second kappa shape index (κ2) is 7.15. The molecule has 2 N–H and O–H groups in total. The van der Waals surface area contributed by atoms with Crippen molar-refractivity contribution in [1.82, 2.24) is 14.6 Å². The number of ether oxygens (including phenoxy) is 4. The van der Waals surface area contributed by atoms with Crippen LogP contribution >= 0.6 is 0 Å². The van der Waals surface area contributed by atoms with Gasteiger partial charge in [-0.25, -0.2) is 9.50 Å². The number of fused-ring (bicyclic) bond motifs is 2. The second-order valence-electron chi connectivity index (χ2n) is 9.66. The van der Waals surface area contributed by atoms with E-state index in [0.717, 1.165) is 0 Å². The fourth-order valence-corrected chi connectivity index (χ4v) is 4.06. The molecule has 31 heavy (non-hydrogen) atoms. The third-order valence-electron chi connectivity index (χ3n) is 5.34. The lowest BCUT2D eigenvalue weighted by Gasteiger charge is -2.29. The van der Waals surface area contributed by atoms with Crippen LogP contribution in [-0.2, 0) is 23.7 Å². The molecule has 4 rings (SSSR count). The highest BCUT2D eigenvalue weighted by molar-refractivity contribution is 5.70. The molecular weight excluding hydrogens is 402 g/mol. The molecule has 2 aliphatic heterocycles. The lowest BCUT2D eigenvalue weighted by atomic mass is 9.92. The Kier molecular flexibility index (Phi) is 4.96. The number of nitrogen functional groups attached to an aromatic ring is 1. The molecule has 4 heterocycles. The molecule has 0 aromatic carbocycles. The van der Waals surface area contributed by atoms with E-state index < -0.39 is 35.7 Å². The zero-order valence-corrected chi connectivity index (χ0v) is 18.3. The van der Waals surface area contributed by atoms with E-state index in [1.54, 1.807) is 30.5 Å². The molecule has 0 unspecified atom stereocenters. The average molecular weight is 429 g/mol. The summed E-state index contributed by atoms with van der Waals surface area (Å²) >= 11 is 0. The number of nitrogens with zero attached hydrogens (tertiary/aromatic N) is 4. The van der Waals surface area contributed by atoms with Gasteiger partial charge in [-0.05, 0) is 31.4 Å². The molecule has 2 aromatic heterocycles. The highest BCUT2D eigenvalue weighted by Crippen LogP contribution is 2.50. The van der Waals surface area contributed by atoms with E-state index in [-0.39, 0.29) is 18.4 Å². The summed E-state index contributed by atoms with van der Waals surface area (Å²) in [4.78, 5) is 16.3. The molecule has 2 saturated heterocycles. The van der Waals surface area contributed by atoms with Gasteiger partial charge in [-0.1, -0.05) is 20.8 Å². The van der Waals surface area contributed by atoms with Crippen LogP contribution in [0.5, 0.6) is 0 Å². The Labute approximate surface area is 180 Å².